The molecule has 3 rings (SSSR count). The smallest absolute Gasteiger partial charge is 0.120 e. The second-order valence-corrected chi connectivity index (χ2v) is 4.39. The van der Waals surface area contributed by atoms with E-state index < -0.39 is 0 Å². The summed E-state index contributed by atoms with van der Waals surface area (Å²) in [6.07, 6.45) is 1.93. The van der Waals surface area contributed by atoms with Crippen molar-refractivity contribution in [2.24, 2.45) is 0 Å². The van der Waals surface area contributed by atoms with E-state index in [4.69, 9.17) is 0 Å². The lowest BCUT2D eigenvalue weighted by molar-refractivity contribution is 0.464. The number of para-hydroxylation sites is 1. The van der Waals surface area contributed by atoms with Gasteiger partial charge in [0.2, 0.25) is 0 Å². The van der Waals surface area contributed by atoms with Crippen molar-refractivity contribution in [3.05, 3.63) is 72.4 Å². The molecule has 0 fully saturated rings. The molecule has 1 aromatic heterocycles. The number of rotatable bonds is 3. The summed E-state index contributed by atoms with van der Waals surface area (Å²) in [5.74, 6) is 0.305. The summed E-state index contributed by atoms with van der Waals surface area (Å²) >= 11 is 0. The zero-order valence-electron chi connectivity index (χ0n) is 10.4. The predicted molar refractivity (Wildman–Crippen MR) is 74.9 cm³/mol. The quantitative estimate of drug-likeness (QED) is 0.774. The Morgan fingerprint density at radius 1 is 0.895 bits per heavy atom. The van der Waals surface area contributed by atoms with Crippen LogP contribution in [0.15, 0.2) is 66.9 Å². The summed E-state index contributed by atoms with van der Waals surface area (Å²) in [4.78, 5) is 0. The first-order chi connectivity index (χ1) is 9.33. The van der Waals surface area contributed by atoms with E-state index in [-0.39, 0.29) is 0 Å². The Labute approximate surface area is 111 Å². The van der Waals surface area contributed by atoms with Crippen molar-refractivity contribution in [1.82, 2.24) is 9.78 Å². The van der Waals surface area contributed by atoms with Crippen LogP contribution in [-0.4, -0.2) is 14.9 Å². The van der Waals surface area contributed by atoms with Gasteiger partial charge in [-0.1, -0.05) is 48.5 Å². The fourth-order valence-corrected chi connectivity index (χ4v) is 2.03. The first-order valence-electron chi connectivity index (χ1n) is 6.19. The summed E-state index contributed by atoms with van der Waals surface area (Å²) in [5.41, 5.74) is 2.90. The average molecular weight is 250 g/mol. The van der Waals surface area contributed by atoms with E-state index in [1.54, 1.807) is 6.07 Å². The van der Waals surface area contributed by atoms with Gasteiger partial charge in [0.25, 0.3) is 0 Å². The Bertz CT molecular complexity index is 674. The molecule has 3 heteroatoms. The van der Waals surface area contributed by atoms with Crippen LogP contribution in [0.1, 0.15) is 5.56 Å². The minimum absolute atomic E-state index is 0.305. The first-order valence-corrected chi connectivity index (χ1v) is 6.19. The Morgan fingerprint density at radius 3 is 2.42 bits per heavy atom. The molecule has 0 spiro atoms. The molecule has 0 amide bonds. The van der Waals surface area contributed by atoms with Crippen LogP contribution in [0.2, 0.25) is 0 Å². The molecule has 19 heavy (non-hydrogen) atoms. The van der Waals surface area contributed by atoms with E-state index in [9.17, 15) is 5.11 Å². The molecule has 94 valence electrons. The lowest BCUT2D eigenvalue weighted by Crippen LogP contribution is -2.00. The number of hydrogen-bond donors (Lipinski definition) is 1. The van der Waals surface area contributed by atoms with Crippen LogP contribution in [0.4, 0.5) is 0 Å². The normalized spacial score (nSPS) is 10.5. The van der Waals surface area contributed by atoms with Crippen molar-refractivity contribution in [2.75, 3.05) is 0 Å². The standard InChI is InChI=1S/C16H14N2O/c19-16-9-5-4-8-14(16)12-18-11-10-15(17-18)13-6-2-1-3-7-13/h1-11,19H,12H2. The number of aromatic hydroxyl groups is 1. The molecule has 1 N–H and O–H groups in total. The van der Waals surface area contributed by atoms with Gasteiger partial charge in [0, 0.05) is 17.3 Å². The molecular weight excluding hydrogens is 236 g/mol. The topological polar surface area (TPSA) is 38.0 Å². The van der Waals surface area contributed by atoms with Gasteiger partial charge in [0.1, 0.15) is 5.75 Å². The van der Waals surface area contributed by atoms with Crippen LogP contribution < -0.4 is 0 Å². The molecular formula is C16H14N2O. The molecule has 3 aromatic rings. The van der Waals surface area contributed by atoms with Gasteiger partial charge in [-0.2, -0.15) is 5.10 Å². The molecule has 0 aliphatic heterocycles. The number of phenolic OH excluding ortho intramolecular Hbond substituents is 1. The number of phenols is 1. The fourth-order valence-electron chi connectivity index (χ4n) is 2.03. The molecule has 3 nitrogen and oxygen atoms in total. The number of aromatic nitrogens is 2. The van der Waals surface area contributed by atoms with Gasteiger partial charge >= 0.3 is 0 Å². The van der Waals surface area contributed by atoms with Crippen LogP contribution in [0.3, 0.4) is 0 Å². The van der Waals surface area contributed by atoms with Crippen LogP contribution >= 0.6 is 0 Å². The maximum absolute atomic E-state index is 9.75. The zero-order valence-corrected chi connectivity index (χ0v) is 10.4. The highest BCUT2D eigenvalue weighted by Crippen LogP contribution is 2.19. The number of benzene rings is 2. The molecule has 0 saturated carbocycles. The molecule has 2 aromatic carbocycles. The van der Waals surface area contributed by atoms with Gasteiger partial charge in [-0.15, -0.1) is 0 Å². The number of nitrogens with zero attached hydrogens (tertiary/aromatic N) is 2. The predicted octanol–water partition coefficient (Wildman–Crippen LogP) is 3.30. The molecule has 1 heterocycles. The monoisotopic (exact) mass is 250 g/mol. The van der Waals surface area contributed by atoms with E-state index in [1.165, 1.54) is 0 Å². The average Bonchev–Trinajstić information content (AvgIpc) is 2.91. The first kappa shape index (κ1) is 11.5. The van der Waals surface area contributed by atoms with Crippen molar-refractivity contribution >= 4 is 0 Å². The van der Waals surface area contributed by atoms with Gasteiger partial charge in [0.15, 0.2) is 0 Å². The summed E-state index contributed by atoms with van der Waals surface area (Å²) in [7, 11) is 0. The second-order valence-electron chi connectivity index (χ2n) is 4.39. The van der Waals surface area contributed by atoms with Gasteiger partial charge in [-0.25, -0.2) is 0 Å². The summed E-state index contributed by atoms with van der Waals surface area (Å²) < 4.78 is 1.83. The molecule has 0 saturated heterocycles. The third kappa shape index (κ3) is 2.50. The van der Waals surface area contributed by atoms with Gasteiger partial charge in [0.05, 0.1) is 12.2 Å². The van der Waals surface area contributed by atoms with Crippen molar-refractivity contribution < 1.29 is 5.11 Å². The van der Waals surface area contributed by atoms with Crippen molar-refractivity contribution in [1.29, 1.82) is 0 Å². The second kappa shape index (κ2) is 4.98. The van der Waals surface area contributed by atoms with E-state index >= 15 is 0 Å². The highest BCUT2D eigenvalue weighted by Gasteiger charge is 2.04. The fraction of sp³-hybridized carbons (Fsp3) is 0.0625. The number of hydrogen-bond acceptors (Lipinski definition) is 2. The summed E-state index contributed by atoms with van der Waals surface area (Å²) in [6.45, 7) is 0.569. The lowest BCUT2D eigenvalue weighted by atomic mass is 10.2. The van der Waals surface area contributed by atoms with Gasteiger partial charge in [-0.05, 0) is 12.1 Å². The minimum atomic E-state index is 0.305. The minimum Gasteiger partial charge on any atom is -0.508 e. The van der Waals surface area contributed by atoms with Crippen LogP contribution in [0, 0.1) is 0 Å². The van der Waals surface area contributed by atoms with Crippen LogP contribution in [-0.2, 0) is 6.54 Å². The Kier molecular flexibility index (Phi) is 3.02. The lowest BCUT2D eigenvalue weighted by Gasteiger charge is -2.04. The molecule has 0 atom stereocenters. The van der Waals surface area contributed by atoms with E-state index in [0.717, 1.165) is 16.8 Å². The third-order valence-electron chi connectivity index (χ3n) is 3.03. The van der Waals surface area contributed by atoms with E-state index in [0.29, 0.717) is 12.3 Å². The summed E-state index contributed by atoms with van der Waals surface area (Å²) in [6, 6.07) is 19.4. The maximum Gasteiger partial charge on any atom is 0.120 e. The highest BCUT2D eigenvalue weighted by molar-refractivity contribution is 5.58. The van der Waals surface area contributed by atoms with Crippen molar-refractivity contribution in [2.45, 2.75) is 6.54 Å². The summed E-state index contributed by atoms with van der Waals surface area (Å²) in [5, 5.41) is 14.3. The van der Waals surface area contributed by atoms with Crippen molar-refractivity contribution in [3.63, 3.8) is 0 Å². The van der Waals surface area contributed by atoms with Crippen LogP contribution in [0.25, 0.3) is 11.3 Å². The van der Waals surface area contributed by atoms with E-state index in [2.05, 4.69) is 5.10 Å². The van der Waals surface area contributed by atoms with Crippen LogP contribution in [0.5, 0.6) is 5.75 Å². The Balaban J connectivity index is 1.85. The zero-order chi connectivity index (χ0) is 13.1. The SMILES string of the molecule is Oc1ccccc1Cn1ccc(-c2ccccc2)n1. The van der Waals surface area contributed by atoms with Crippen molar-refractivity contribution in [3.8, 4) is 17.0 Å². The molecule has 0 aliphatic rings. The Morgan fingerprint density at radius 2 is 1.63 bits per heavy atom. The largest absolute Gasteiger partial charge is 0.508 e. The Hall–Kier alpha value is -2.55. The maximum atomic E-state index is 9.75. The molecule has 0 aliphatic carbocycles. The highest BCUT2D eigenvalue weighted by atomic mass is 16.3. The van der Waals surface area contributed by atoms with E-state index in [1.807, 2.05) is 65.5 Å². The molecule has 0 radical (unpaired) electrons. The third-order valence-corrected chi connectivity index (χ3v) is 3.03. The molecule has 0 unspecified atom stereocenters. The molecule has 0 bridgehead atoms. The van der Waals surface area contributed by atoms with Gasteiger partial charge < -0.3 is 5.11 Å². The van der Waals surface area contributed by atoms with Gasteiger partial charge in [-0.3, -0.25) is 4.68 Å².